The molecule has 0 saturated heterocycles. The number of aliphatic carboxylic acids is 1. The highest BCUT2D eigenvalue weighted by Gasteiger charge is 2.48. The van der Waals surface area contributed by atoms with Crippen molar-refractivity contribution in [1.29, 1.82) is 0 Å². The molecule has 0 aliphatic heterocycles. The summed E-state index contributed by atoms with van der Waals surface area (Å²) in [4.78, 5) is 10.4. The van der Waals surface area contributed by atoms with E-state index >= 15 is 0 Å². The molecule has 2 bridgehead atoms. The lowest BCUT2D eigenvalue weighted by molar-refractivity contribution is -0.304. The van der Waals surface area contributed by atoms with Gasteiger partial charge in [-0.1, -0.05) is 25.5 Å². The van der Waals surface area contributed by atoms with Crippen molar-refractivity contribution in [2.45, 2.75) is 39.5 Å². The summed E-state index contributed by atoms with van der Waals surface area (Å²) in [5.41, 5.74) is 1.61. The fourth-order valence-electron chi connectivity index (χ4n) is 3.30. The van der Waals surface area contributed by atoms with Gasteiger partial charge in [0, 0.05) is 12.4 Å². The summed E-state index contributed by atoms with van der Waals surface area (Å²) in [6.45, 7) is 4.50. The molecule has 2 fully saturated rings. The number of carbonyl (C=O) groups excluding carboxylic acids is 1. The summed E-state index contributed by atoms with van der Waals surface area (Å²) < 4.78 is 0. The third-order valence-electron chi connectivity index (χ3n) is 4.13. The van der Waals surface area contributed by atoms with Gasteiger partial charge >= 0.3 is 0 Å². The average Bonchev–Trinajstić information content (AvgIpc) is 2.59. The minimum Gasteiger partial charge on any atom is -0.550 e. The highest BCUT2D eigenvalue weighted by molar-refractivity contribution is 5.66. The van der Waals surface area contributed by atoms with Gasteiger partial charge in [0.2, 0.25) is 0 Å². The smallest absolute Gasteiger partial charge is 0.0452 e. The van der Waals surface area contributed by atoms with E-state index < -0.39 is 5.97 Å². The first-order chi connectivity index (χ1) is 6.51. The number of fused-ring (bicyclic) bond motifs is 2. The molecule has 2 saturated carbocycles. The lowest BCUT2D eigenvalue weighted by Crippen LogP contribution is -2.25. The fourth-order valence-corrected chi connectivity index (χ4v) is 3.30. The summed E-state index contributed by atoms with van der Waals surface area (Å²) >= 11 is 0. The van der Waals surface area contributed by atoms with Gasteiger partial charge < -0.3 is 9.90 Å². The van der Waals surface area contributed by atoms with E-state index in [9.17, 15) is 9.90 Å². The van der Waals surface area contributed by atoms with Gasteiger partial charge in [-0.3, -0.25) is 0 Å². The Morgan fingerprint density at radius 1 is 1.57 bits per heavy atom. The third kappa shape index (κ3) is 1.37. The summed E-state index contributed by atoms with van der Waals surface area (Å²) in [6.07, 6.45) is 5.83. The Morgan fingerprint density at radius 2 is 2.29 bits per heavy atom. The fraction of sp³-hybridized carbons (Fsp3) is 0.750. The number of carboxylic acids is 1. The molecule has 0 unspecified atom stereocenters. The maximum absolute atomic E-state index is 10.4. The van der Waals surface area contributed by atoms with Crippen molar-refractivity contribution >= 4 is 5.97 Å². The Bertz CT molecular complexity index is 289. The highest BCUT2D eigenvalue weighted by atomic mass is 16.4. The van der Waals surface area contributed by atoms with Crippen LogP contribution in [0.15, 0.2) is 11.6 Å². The number of carboxylic acid groups (broad SMARTS) is 1. The molecule has 0 aromatic rings. The predicted octanol–water partition coefficient (Wildman–Crippen LogP) is 1.51. The number of rotatable bonds is 2. The zero-order valence-electron chi connectivity index (χ0n) is 8.88. The average molecular weight is 193 g/mol. The minimum atomic E-state index is -0.962. The third-order valence-corrected chi connectivity index (χ3v) is 4.13. The first-order valence-corrected chi connectivity index (χ1v) is 5.42. The second kappa shape index (κ2) is 3.11. The van der Waals surface area contributed by atoms with Crippen LogP contribution in [0.4, 0.5) is 0 Å². The second-order valence-electron chi connectivity index (χ2n) is 5.16. The van der Waals surface area contributed by atoms with Gasteiger partial charge in [-0.15, -0.1) is 0 Å². The van der Waals surface area contributed by atoms with Crippen LogP contribution in [0.3, 0.4) is 0 Å². The normalized spacial score (nSPS) is 36.6. The molecule has 0 heterocycles. The first kappa shape index (κ1) is 9.75. The van der Waals surface area contributed by atoms with Gasteiger partial charge in [-0.2, -0.15) is 0 Å². The lowest BCUT2D eigenvalue weighted by atomic mass is 9.72. The van der Waals surface area contributed by atoms with Crippen LogP contribution in [-0.2, 0) is 4.79 Å². The Balaban J connectivity index is 2.19. The van der Waals surface area contributed by atoms with Gasteiger partial charge in [0.25, 0.3) is 0 Å². The summed E-state index contributed by atoms with van der Waals surface area (Å²) in [5, 5.41) is 10.4. The monoisotopic (exact) mass is 193 g/mol. The van der Waals surface area contributed by atoms with Crippen LogP contribution < -0.4 is 5.11 Å². The molecule has 2 nitrogen and oxygen atoms in total. The van der Waals surface area contributed by atoms with Crippen molar-refractivity contribution in [3.05, 3.63) is 11.6 Å². The van der Waals surface area contributed by atoms with E-state index in [0.717, 1.165) is 5.92 Å². The van der Waals surface area contributed by atoms with Crippen LogP contribution >= 0.6 is 0 Å². The standard InChI is InChI=1S/C12H18O2/c1-12(2)9-4-3-8(7-9)10(12)5-6-11(13)14/h5,8-9H,3-4,6-7H2,1-2H3,(H,13,14)/p-1/b10-5-/t8-,9+/m0/s1. The molecule has 0 radical (unpaired) electrons. The molecule has 2 rings (SSSR count). The van der Waals surface area contributed by atoms with Crippen molar-refractivity contribution < 1.29 is 9.90 Å². The highest BCUT2D eigenvalue weighted by Crippen LogP contribution is 2.58. The van der Waals surface area contributed by atoms with Crippen LogP contribution in [0.25, 0.3) is 0 Å². The molecule has 2 aliphatic carbocycles. The van der Waals surface area contributed by atoms with Crippen LogP contribution in [0.5, 0.6) is 0 Å². The Hall–Kier alpha value is -0.790. The molecule has 14 heavy (non-hydrogen) atoms. The van der Waals surface area contributed by atoms with Gasteiger partial charge in [0.05, 0.1) is 0 Å². The number of allylic oxidation sites excluding steroid dienone is 1. The minimum absolute atomic E-state index is 0.0853. The molecular formula is C12H17O2-. The summed E-state index contributed by atoms with van der Waals surface area (Å²) in [5.74, 6) is 0.478. The van der Waals surface area contributed by atoms with Crippen molar-refractivity contribution in [3.8, 4) is 0 Å². The van der Waals surface area contributed by atoms with Gasteiger partial charge in [0.15, 0.2) is 0 Å². The first-order valence-electron chi connectivity index (χ1n) is 5.42. The van der Waals surface area contributed by atoms with Crippen LogP contribution in [-0.4, -0.2) is 5.97 Å². The van der Waals surface area contributed by atoms with Crippen molar-refractivity contribution in [1.82, 2.24) is 0 Å². The summed E-state index contributed by atoms with van der Waals surface area (Å²) in [6, 6.07) is 0. The number of hydrogen-bond donors (Lipinski definition) is 0. The van der Waals surface area contributed by atoms with Gasteiger partial charge in [0.1, 0.15) is 0 Å². The van der Waals surface area contributed by atoms with E-state index in [2.05, 4.69) is 13.8 Å². The maximum Gasteiger partial charge on any atom is 0.0452 e. The van der Waals surface area contributed by atoms with E-state index in [1.54, 1.807) is 0 Å². The molecule has 0 amide bonds. The molecule has 2 atom stereocenters. The van der Waals surface area contributed by atoms with E-state index in [0.29, 0.717) is 5.92 Å². The lowest BCUT2D eigenvalue weighted by Gasteiger charge is -2.33. The van der Waals surface area contributed by atoms with Crippen molar-refractivity contribution in [2.24, 2.45) is 17.3 Å². The maximum atomic E-state index is 10.4. The molecule has 0 spiro atoms. The largest absolute Gasteiger partial charge is 0.550 e. The van der Waals surface area contributed by atoms with Crippen molar-refractivity contribution in [3.63, 3.8) is 0 Å². The topological polar surface area (TPSA) is 40.1 Å². The molecule has 0 N–H and O–H groups in total. The molecule has 78 valence electrons. The SMILES string of the molecule is CC1(C)/C(=C\CC(=O)[O-])[C@H]2CC[C@@H]1C2. The van der Waals surface area contributed by atoms with E-state index in [4.69, 9.17) is 0 Å². The number of hydrogen-bond acceptors (Lipinski definition) is 2. The number of carbonyl (C=O) groups is 1. The van der Waals surface area contributed by atoms with E-state index in [1.807, 2.05) is 6.08 Å². The molecular weight excluding hydrogens is 176 g/mol. The van der Waals surface area contributed by atoms with Crippen LogP contribution in [0.1, 0.15) is 39.5 Å². The quantitative estimate of drug-likeness (QED) is 0.624. The molecule has 0 aromatic carbocycles. The molecule has 2 aliphatic rings. The zero-order chi connectivity index (χ0) is 10.3. The van der Waals surface area contributed by atoms with E-state index in [1.165, 1.54) is 24.8 Å². The van der Waals surface area contributed by atoms with E-state index in [-0.39, 0.29) is 11.8 Å². The van der Waals surface area contributed by atoms with Gasteiger partial charge in [-0.25, -0.2) is 0 Å². The van der Waals surface area contributed by atoms with Gasteiger partial charge in [-0.05, 0) is 36.5 Å². The molecule has 2 heteroatoms. The Morgan fingerprint density at radius 3 is 2.79 bits per heavy atom. The predicted molar refractivity (Wildman–Crippen MR) is 52.3 cm³/mol. The Kier molecular flexibility index (Phi) is 2.17. The molecule has 0 aromatic heterocycles. The van der Waals surface area contributed by atoms with Crippen LogP contribution in [0.2, 0.25) is 0 Å². The second-order valence-corrected chi connectivity index (χ2v) is 5.16. The zero-order valence-corrected chi connectivity index (χ0v) is 8.88. The van der Waals surface area contributed by atoms with Crippen LogP contribution in [0, 0.1) is 17.3 Å². The summed E-state index contributed by atoms with van der Waals surface area (Å²) in [7, 11) is 0. The Labute approximate surface area is 85.0 Å². The van der Waals surface area contributed by atoms with Crippen molar-refractivity contribution in [2.75, 3.05) is 0 Å².